The molecule has 1 aromatic carbocycles. The van der Waals surface area contributed by atoms with Gasteiger partial charge in [0.2, 0.25) is 0 Å². The predicted octanol–water partition coefficient (Wildman–Crippen LogP) is 6.33. The van der Waals surface area contributed by atoms with Crippen LogP contribution in [0.25, 0.3) is 55.7 Å². The molecule has 0 saturated carbocycles. The summed E-state index contributed by atoms with van der Waals surface area (Å²) >= 11 is 0. The molecular weight excluding hydrogens is 553 g/mol. The summed E-state index contributed by atoms with van der Waals surface area (Å²) in [4.78, 5) is 21.9. The van der Waals surface area contributed by atoms with E-state index in [0.717, 1.165) is 88.5 Å². The van der Waals surface area contributed by atoms with Crippen molar-refractivity contribution in [2.45, 2.75) is 25.8 Å². The molecule has 44 heavy (non-hydrogen) atoms. The lowest BCUT2D eigenvalue weighted by atomic mass is 10.0. The van der Waals surface area contributed by atoms with Crippen molar-refractivity contribution in [3.05, 3.63) is 78.6 Å². The Balaban J connectivity index is 1.21. The molecule has 5 aromatic heterocycles. The third-order valence-corrected chi connectivity index (χ3v) is 8.28. The zero-order valence-electron chi connectivity index (χ0n) is 25.1. The van der Waals surface area contributed by atoms with Gasteiger partial charge in [-0.15, -0.1) is 0 Å². The highest BCUT2D eigenvalue weighted by atomic mass is 19.1. The summed E-state index contributed by atoms with van der Waals surface area (Å²) in [6.07, 6.45) is 11.2. The molecule has 0 unspecified atom stereocenters. The van der Waals surface area contributed by atoms with Gasteiger partial charge in [-0.3, -0.25) is 20.0 Å². The van der Waals surface area contributed by atoms with Crippen LogP contribution < -0.4 is 5.32 Å². The Morgan fingerprint density at radius 2 is 1.82 bits per heavy atom. The Labute approximate surface area is 255 Å². The number of aromatic amines is 2. The molecule has 0 atom stereocenters. The van der Waals surface area contributed by atoms with Crippen molar-refractivity contribution in [2.75, 3.05) is 45.6 Å². The third kappa shape index (κ3) is 5.91. The summed E-state index contributed by atoms with van der Waals surface area (Å²) in [5.41, 5.74) is 8.59. The molecule has 0 spiro atoms. The third-order valence-electron chi connectivity index (χ3n) is 8.28. The smallest absolute Gasteiger partial charge is 0.138 e. The van der Waals surface area contributed by atoms with Crippen molar-refractivity contribution >= 4 is 27.6 Å². The number of hydrogen-bond donors (Lipinski definition) is 3. The number of aromatic nitrogens is 6. The SMILES string of the molecule is CN(C)CCNc1cc(F)cc(-c2ccnc3[nH]c(-c4n[nH]c5cnc(-c6cncc(CN7CCCCC7)c6)cc45)cc23)c1. The maximum atomic E-state index is 14.7. The van der Waals surface area contributed by atoms with E-state index in [4.69, 9.17) is 4.98 Å². The number of fused-ring (bicyclic) bond motifs is 2. The molecule has 1 aliphatic heterocycles. The van der Waals surface area contributed by atoms with Gasteiger partial charge < -0.3 is 15.2 Å². The van der Waals surface area contributed by atoms with E-state index in [2.05, 4.69) is 52.4 Å². The number of nitrogens with one attached hydrogen (secondary N) is 3. The Hall–Kier alpha value is -4.67. The van der Waals surface area contributed by atoms with E-state index in [1.54, 1.807) is 12.3 Å². The molecule has 0 radical (unpaired) electrons. The summed E-state index contributed by atoms with van der Waals surface area (Å²) < 4.78 is 14.7. The van der Waals surface area contributed by atoms with Gasteiger partial charge in [0, 0.05) is 60.2 Å². The Bertz CT molecular complexity index is 1920. The number of H-pyrrole nitrogens is 2. The standard InChI is InChI=1S/C34H36FN9/c1-43(2)11-8-37-26-14-23(13-25(35)15-26)27-6-7-38-34-28(27)16-31(40-34)33-29-17-30(39-20-32(29)41-42-33)24-12-22(18-36-19-24)21-44-9-4-3-5-10-44/h6-7,12-20,37H,3-5,8-11,21H2,1-2H3,(H,38,40)(H,41,42). The molecule has 0 amide bonds. The molecule has 6 heterocycles. The first-order chi connectivity index (χ1) is 21.5. The molecular formula is C34H36FN9. The van der Waals surface area contributed by atoms with Crippen LogP contribution in [-0.4, -0.2) is 80.2 Å². The Morgan fingerprint density at radius 1 is 0.932 bits per heavy atom. The minimum absolute atomic E-state index is 0.289. The van der Waals surface area contributed by atoms with Crippen LogP contribution in [0, 0.1) is 5.82 Å². The summed E-state index contributed by atoms with van der Waals surface area (Å²) in [7, 11) is 4.03. The number of pyridine rings is 3. The molecule has 1 saturated heterocycles. The van der Waals surface area contributed by atoms with Crippen LogP contribution in [0.2, 0.25) is 0 Å². The van der Waals surface area contributed by atoms with E-state index in [1.807, 2.05) is 50.9 Å². The summed E-state index contributed by atoms with van der Waals surface area (Å²) in [6.45, 7) is 4.76. The zero-order chi connectivity index (χ0) is 30.0. The number of hydrogen-bond acceptors (Lipinski definition) is 7. The largest absolute Gasteiger partial charge is 0.384 e. The van der Waals surface area contributed by atoms with E-state index in [0.29, 0.717) is 5.65 Å². The highest BCUT2D eigenvalue weighted by Gasteiger charge is 2.17. The van der Waals surface area contributed by atoms with Crippen LogP contribution in [0.4, 0.5) is 10.1 Å². The van der Waals surface area contributed by atoms with E-state index < -0.39 is 0 Å². The fraction of sp³-hybridized carbons (Fsp3) is 0.294. The summed E-state index contributed by atoms with van der Waals surface area (Å²) in [5, 5.41) is 13.0. The number of nitrogens with zero attached hydrogens (tertiary/aromatic N) is 6. The van der Waals surface area contributed by atoms with Crippen LogP contribution >= 0.6 is 0 Å². The summed E-state index contributed by atoms with van der Waals surface area (Å²) in [5.74, 6) is -0.289. The van der Waals surface area contributed by atoms with Gasteiger partial charge in [0.15, 0.2) is 0 Å². The fourth-order valence-electron chi connectivity index (χ4n) is 6.05. The van der Waals surface area contributed by atoms with Gasteiger partial charge in [0.05, 0.1) is 23.1 Å². The van der Waals surface area contributed by atoms with Gasteiger partial charge in [-0.25, -0.2) is 9.37 Å². The quantitative estimate of drug-likeness (QED) is 0.181. The minimum atomic E-state index is -0.289. The average Bonchev–Trinajstić information content (AvgIpc) is 3.65. The van der Waals surface area contributed by atoms with Gasteiger partial charge in [-0.2, -0.15) is 5.10 Å². The second kappa shape index (κ2) is 12.1. The second-order valence-electron chi connectivity index (χ2n) is 11.9. The van der Waals surface area contributed by atoms with Crippen LogP contribution in [0.5, 0.6) is 0 Å². The molecule has 6 aromatic rings. The van der Waals surface area contributed by atoms with Crippen molar-refractivity contribution in [3.8, 4) is 33.8 Å². The number of likely N-dealkylation sites (tertiary alicyclic amines) is 1. The number of anilines is 1. The average molecular weight is 590 g/mol. The van der Waals surface area contributed by atoms with Crippen molar-refractivity contribution in [3.63, 3.8) is 0 Å². The van der Waals surface area contributed by atoms with Crippen molar-refractivity contribution in [1.82, 2.24) is 39.9 Å². The molecule has 1 aliphatic rings. The number of likely N-dealkylation sites (N-methyl/N-ethyl adjacent to an activating group) is 1. The van der Waals surface area contributed by atoms with Crippen LogP contribution in [-0.2, 0) is 6.54 Å². The molecule has 3 N–H and O–H groups in total. The normalized spacial score (nSPS) is 14.2. The van der Waals surface area contributed by atoms with Gasteiger partial charge >= 0.3 is 0 Å². The van der Waals surface area contributed by atoms with E-state index in [9.17, 15) is 4.39 Å². The van der Waals surface area contributed by atoms with Crippen molar-refractivity contribution < 1.29 is 4.39 Å². The maximum Gasteiger partial charge on any atom is 0.138 e. The zero-order valence-corrected chi connectivity index (χ0v) is 25.1. The first-order valence-electron chi connectivity index (χ1n) is 15.2. The second-order valence-corrected chi connectivity index (χ2v) is 11.9. The van der Waals surface area contributed by atoms with Crippen LogP contribution in [0.1, 0.15) is 24.8 Å². The van der Waals surface area contributed by atoms with Gasteiger partial charge in [0.25, 0.3) is 0 Å². The number of piperidine rings is 1. The molecule has 224 valence electrons. The van der Waals surface area contributed by atoms with E-state index in [-0.39, 0.29) is 5.82 Å². The lowest BCUT2D eigenvalue weighted by Crippen LogP contribution is -2.29. The Kier molecular flexibility index (Phi) is 7.76. The number of rotatable bonds is 9. The minimum Gasteiger partial charge on any atom is -0.384 e. The Morgan fingerprint density at radius 3 is 2.68 bits per heavy atom. The molecule has 9 nitrogen and oxygen atoms in total. The molecule has 7 rings (SSSR count). The van der Waals surface area contributed by atoms with Gasteiger partial charge in [-0.05, 0) is 99.2 Å². The van der Waals surface area contributed by atoms with Gasteiger partial charge in [-0.1, -0.05) is 6.42 Å². The maximum absolute atomic E-state index is 14.7. The first-order valence-corrected chi connectivity index (χ1v) is 15.2. The first kappa shape index (κ1) is 28.1. The predicted molar refractivity (Wildman–Crippen MR) is 174 cm³/mol. The monoisotopic (exact) mass is 589 g/mol. The topological polar surface area (TPSA) is 102 Å². The molecule has 10 heteroatoms. The van der Waals surface area contributed by atoms with Gasteiger partial charge in [0.1, 0.15) is 17.2 Å². The highest BCUT2D eigenvalue weighted by Crippen LogP contribution is 2.35. The molecule has 0 aliphatic carbocycles. The number of benzene rings is 1. The highest BCUT2D eigenvalue weighted by molar-refractivity contribution is 6.00. The summed E-state index contributed by atoms with van der Waals surface area (Å²) in [6, 6.07) is 13.3. The van der Waals surface area contributed by atoms with Crippen LogP contribution in [0.3, 0.4) is 0 Å². The van der Waals surface area contributed by atoms with E-state index >= 15 is 0 Å². The molecule has 0 bridgehead atoms. The van der Waals surface area contributed by atoms with Crippen LogP contribution in [0.15, 0.2) is 67.3 Å². The number of halogens is 1. The van der Waals surface area contributed by atoms with Crippen molar-refractivity contribution in [2.24, 2.45) is 0 Å². The fourth-order valence-corrected chi connectivity index (χ4v) is 6.05. The molecule has 1 fully saturated rings. The lowest BCUT2D eigenvalue weighted by molar-refractivity contribution is 0.220. The lowest BCUT2D eigenvalue weighted by Gasteiger charge is -2.26. The van der Waals surface area contributed by atoms with E-state index in [1.165, 1.54) is 30.9 Å². The van der Waals surface area contributed by atoms with Crippen molar-refractivity contribution in [1.29, 1.82) is 0 Å².